The highest BCUT2D eigenvalue weighted by Gasteiger charge is 2.33. The van der Waals surface area contributed by atoms with Gasteiger partial charge in [-0.25, -0.2) is 0 Å². The van der Waals surface area contributed by atoms with Crippen LogP contribution in [0.25, 0.3) is 0 Å². The first-order chi connectivity index (χ1) is 8.90. The monoisotopic (exact) mass is 306 g/mol. The van der Waals surface area contributed by atoms with E-state index in [1.807, 2.05) is 11.8 Å². The Bertz CT molecular complexity index is 328. The van der Waals surface area contributed by atoms with Gasteiger partial charge in [0.15, 0.2) is 0 Å². The minimum absolute atomic E-state index is 0. The second-order valence-electron chi connectivity index (χ2n) is 5.41. The number of piperazine rings is 1. The fourth-order valence-corrected chi connectivity index (χ4v) is 2.38. The summed E-state index contributed by atoms with van der Waals surface area (Å²) in [5.74, 6) is 0.0309. The van der Waals surface area contributed by atoms with Crippen molar-refractivity contribution in [2.45, 2.75) is 32.2 Å². The number of rotatable bonds is 5. The lowest BCUT2D eigenvalue weighted by Crippen LogP contribution is -2.58. The summed E-state index contributed by atoms with van der Waals surface area (Å²) in [6.07, 6.45) is 1.60. The van der Waals surface area contributed by atoms with Crippen LogP contribution in [0.2, 0.25) is 0 Å². The minimum atomic E-state index is -0.766. The Morgan fingerprint density at radius 1 is 1.25 bits per heavy atom. The number of nitrogens with two attached hydrogens (primary N) is 1. The van der Waals surface area contributed by atoms with Crippen molar-refractivity contribution in [2.75, 3.05) is 39.8 Å². The van der Waals surface area contributed by atoms with Crippen LogP contribution in [0.1, 0.15) is 26.7 Å². The number of likely N-dealkylation sites (N-methyl/N-ethyl adjacent to an activating group) is 1. The number of amides is 2. The third kappa shape index (κ3) is 5.26. The molecule has 6 nitrogen and oxygen atoms in total. The van der Waals surface area contributed by atoms with E-state index in [4.69, 9.17) is 5.73 Å². The van der Waals surface area contributed by atoms with Crippen LogP contribution in [0.15, 0.2) is 0 Å². The van der Waals surface area contributed by atoms with Crippen molar-refractivity contribution in [3.63, 3.8) is 0 Å². The van der Waals surface area contributed by atoms with E-state index in [0.717, 1.165) is 19.5 Å². The van der Waals surface area contributed by atoms with Crippen molar-refractivity contribution in [3.05, 3.63) is 0 Å². The van der Waals surface area contributed by atoms with Gasteiger partial charge >= 0.3 is 0 Å². The molecule has 1 fully saturated rings. The average Bonchev–Trinajstić information content (AvgIpc) is 2.38. The molecule has 1 atom stereocenters. The molecule has 3 N–H and O–H groups in total. The third-order valence-corrected chi connectivity index (χ3v) is 3.56. The van der Waals surface area contributed by atoms with E-state index in [9.17, 15) is 9.59 Å². The quantitative estimate of drug-likeness (QED) is 0.738. The van der Waals surface area contributed by atoms with E-state index in [0.29, 0.717) is 26.1 Å². The standard InChI is InChI=1S/C13H26N4O2.ClH/c1-4-5-13(2,14)12(19)17-8-6-16(7-9-17)10-11(18)15-3;/h4-10,14H2,1-3H3,(H,15,18);1H. The van der Waals surface area contributed by atoms with Crippen molar-refractivity contribution in [1.29, 1.82) is 0 Å². The zero-order valence-electron chi connectivity index (χ0n) is 12.6. The summed E-state index contributed by atoms with van der Waals surface area (Å²) in [6.45, 7) is 6.96. The summed E-state index contributed by atoms with van der Waals surface area (Å²) in [5.41, 5.74) is 5.30. The largest absolute Gasteiger partial charge is 0.358 e. The molecule has 1 aliphatic rings. The van der Waals surface area contributed by atoms with Crippen LogP contribution in [0, 0.1) is 0 Å². The molecule has 0 aromatic carbocycles. The highest BCUT2D eigenvalue weighted by atomic mass is 35.5. The number of carbonyl (C=O) groups excluding carboxylic acids is 2. The Balaban J connectivity index is 0.00000361. The van der Waals surface area contributed by atoms with Crippen LogP contribution in [0.3, 0.4) is 0 Å². The van der Waals surface area contributed by atoms with E-state index >= 15 is 0 Å². The van der Waals surface area contributed by atoms with Crippen LogP contribution >= 0.6 is 12.4 Å². The van der Waals surface area contributed by atoms with Gasteiger partial charge in [0.25, 0.3) is 0 Å². The SMILES string of the molecule is CCCC(C)(N)C(=O)N1CCN(CC(=O)NC)CC1.Cl. The zero-order chi connectivity index (χ0) is 14.5. The van der Waals surface area contributed by atoms with Gasteiger partial charge in [-0.1, -0.05) is 13.3 Å². The molecule has 1 aliphatic heterocycles. The van der Waals surface area contributed by atoms with Gasteiger partial charge in [0.1, 0.15) is 0 Å². The lowest BCUT2D eigenvalue weighted by Gasteiger charge is -2.38. The molecule has 0 spiro atoms. The van der Waals surface area contributed by atoms with Crippen LogP contribution in [0.5, 0.6) is 0 Å². The summed E-state index contributed by atoms with van der Waals surface area (Å²) in [4.78, 5) is 27.5. The predicted octanol–water partition coefficient (Wildman–Crippen LogP) is -0.184. The Hall–Kier alpha value is -0.850. The van der Waals surface area contributed by atoms with E-state index in [-0.39, 0.29) is 24.2 Å². The molecule has 7 heteroatoms. The Kier molecular flexibility index (Phi) is 8.08. The molecule has 118 valence electrons. The van der Waals surface area contributed by atoms with Crippen molar-refractivity contribution in [2.24, 2.45) is 5.73 Å². The first kappa shape index (κ1) is 19.1. The van der Waals surface area contributed by atoms with Crippen LogP contribution in [0.4, 0.5) is 0 Å². The van der Waals surface area contributed by atoms with Gasteiger partial charge in [-0.2, -0.15) is 0 Å². The maximum atomic E-state index is 12.3. The molecular formula is C13H27ClN4O2. The molecular weight excluding hydrogens is 280 g/mol. The molecule has 0 radical (unpaired) electrons. The summed E-state index contributed by atoms with van der Waals surface area (Å²) in [6, 6.07) is 0. The molecule has 0 bridgehead atoms. The summed E-state index contributed by atoms with van der Waals surface area (Å²) >= 11 is 0. The van der Waals surface area contributed by atoms with Crippen molar-refractivity contribution >= 4 is 24.2 Å². The number of nitrogens with one attached hydrogen (secondary N) is 1. The van der Waals surface area contributed by atoms with E-state index in [1.165, 1.54) is 0 Å². The molecule has 0 aliphatic carbocycles. The Morgan fingerprint density at radius 2 is 1.80 bits per heavy atom. The summed E-state index contributed by atoms with van der Waals surface area (Å²) < 4.78 is 0. The number of halogens is 1. The Labute approximate surface area is 127 Å². The molecule has 1 saturated heterocycles. The van der Waals surface area contributed by atoms with E-state index in [1.54, 1.807) is 14.0 Å². The van der Waals surface area contributed by atoms with Gasteiger partial charge in [-0.15, -0.1) is 12.4 Å². The number of nitrogens with zero attached hydrogens (tertiary/aromatic N) is 2. The smallest absolute Gasteiger partial charge is 0.242 e. The molecule has 2 amide bonds. The first-order valence-corrected chi connectivity index (χ1v) is 6.92. The van der Waals surface area contributed by atoms with E-state index < -0.39 is 5.54 Å². The molecule has 1 unspecified atom stereocenters. The Morgan fingerprint density at radius 3 is 2.25 bits per heavy atom. The predicted molar refractivity (Wildman–Crippen MR) is 81.8 cm³/mol. The minimum Gasteiger partial charge on any atom is -0.358 e. The first-order valence-electron chi connectivity index (χ1n) is 6.92. The van der Waals surface area contributed by atoms with Crippen LogP contribution in [-0.2, 0) is 9.59 Å². The summed E-state index contributed by atoms with van der Waals surface area (Å²) in [5, 5.41) is 2.61. The average molecular weight is 307 g/mol. The fraction of sp³-hybridized carbons (Fsp3) is 0.846. The van der Waals surface area contributed by atoms with Crippen molar-refractivity contribution in [1.82, 2.24) is 15.1 Å². The lowest BCUT2D eigenvalue weighted by molar-refractivity contribution is -0.138. The fourth-order valence-electron chi connectivity index (χ4n) is 2.38. The number of carbonyl (C=O) groups is 2. The number of hydrogen-bond acceptors (Lipinski definition) is 4. The second kappa shape index (κ2) is 8.44. The van der Waals surface area contributed by atoms with Gasteiger partial charge in [0, 0.05) is 33.2 Å². The molecule has 0 aromatic rings. The van der Waals surface area contributed by atoms with Gasteiger partial charge in [-0.3, -0.25) is 14.5 Å². The molecule has 20 heavy (non-hydrogen) atoms. The number of hydrogen-bond donors (Lipinski definition) is 2. The second-order valence-corrected chi connectivity index (χ2v) is 5.41. The maximum Gasteiger partial charge on any atom is 0.242 e. The highest BCUT2D eigenvalue weighted by molar-refractivity contribution is 5.86. The highest BCUT2D eigenvalue weighted by Crippen LogP contribution is 2.14. The van der Waals surface area contributed by atoms with Gasteiger partial charge in [0.2, 0.25) is 11.8 Å². The van der Waals surface area contributed by atoms with Gasteiger partial charge in [-0.05, 0) is 13.3 Å². The molecule has 1 heterocycles. The van der Waals surface area contributed by atoms with Gasteiger partial charge in [0.05, 0.1) is 12.1 Å². The van der Waals surface area contributed by atoms with Crippen LogP contribution in [-0.4, -0.2) is 66.9 Å². The topological polar surface area (TPSA) is 78.7 Å². The maximum absolute atomic E-state index is 12.3. The normalized spacial score (nSPS) is 18.9. The molecule has 0 aromatic heterocycles. The van der Waals surface area contributed by atoms with Crippen molar-refractivity contribution < 1.29 is 9.59 Å². The lowest BCUT2D eigenvalue weighted by atomic mass is 9.95. The third-order valence-electron chi connectivity index (χ3n) is 3.56. The van der Waals surface area contributed by atoms with E-state index in [2.05, 4.69) is 10.2 Å². The van der Waals surface area contributed by atoms with Crippen LogP contribution < -0.4 is 11.1 Å². The van der Waals surface area contributed by atoms with Crippen molar-refractivity contribution in [3.8, 4) is 0 Å². The van der Waals surface area contributed by atoms with Gasteiger partial charge < -0.3 is 16.0 Å². The molecule has 1 rings (SSSR count). The zero-order valence-corrected chi connectivity index (χ0v) is 13.5. The molecule has 0 saturated carbocycles. The summed E-state index contributed by atoms with van der Waals surface area (Å²) in [7, 11) is 1.63.